The van der Waals surface area contributed by atoms with Gasteiger partial charge in [-0.25, -0.2) is 0 Å². The highest BCUT2D eigenvalue weighted by atomic mass is 16.2. The van der Waals surface area contributed by atoms with Crippen molar-refractivity contribution < 1.29 is 4.79 Å². The number of rotatable bonds is 4. The van der Waals surface area contributed by atoms with Crippen molar-refractivity contribution in [3.05, 3.63) is 35.4 Å². The van der Waals surface area contributed by atoms with Gasteiger partial charge in [-0.3, -0.25) is 9.69 Å². The fraction of sp³-hybridized carbons (Fsp3) is 0.611. The summed E-state index contributed by atoms with van der Waals surface area (Å²) in [4.78, 5) is 17.2. The first kappa shape index (κ1) is 15.5. The van der Waals surface area contributed by atoms with E-state index in [0.29, 0.717) is 6.04 Å². The van der Waals surface area contributed by atoms with Crippen molar-refractivity contribution in [3.8, 4) is 0 Å². The SMILES string of the molecule is CN[C@@H]1CCCN(C(=O)c2cccc(CN3CCCC3)c2)C1. The first-order chi connectivity index (χ1) is 10.8. The highest BCUT2D eigenvalue weighted by Crippen LogP contribution is 2.17. The third-order valence-electron chi connectivity index (χ3n) is 4.90. The maximum Gasteiger partial charge on any atom is 0.253 e. The molecule has 1 aromatic carbocycles. The first-order valence-corrected chi connectivity index (χ1v) is 8.54. The molecule has 0 bridgehead atoms. The molecule has 4 heteroatoms. The minimum absolute atomic E-state index is 0.184. The Morgan fingerprint density at radius 1 is 1.23 bits per heavy atom. The Morgan fingerprint density at radius 2 is 2.05 bits per heavy atom. The van der Waals surface area contributed by atoms with Crippen LogP contribution in [-0.4, -0.2) is 55.0 Å². The summed E-state index contributed by atoms with van der Waals surface area (Å²) in [5.41, 5.74) is 2.10. The molecule has 2 fully saturated rings. The summed E-state index contributed by atoms with van der Waals surface area (Å²) in [6.07, 6.45) is 4.86. The van der Waals surface area contributed by atoms with E-state index >= 15 is 0 Å². The second-order valence-corrected chi connectivity index (χ2v) is 6.56. The van der Waals surface area contributed by atoms with Crippen LogP contribution in [0.2, 0.25) is 0 Å². The third-order valence-corrected chi connectivity index (χ3v) is 4.90. The Kier molecular flexibility index (Phi) is 5.11. The molecule has 22 heavy (non-hydrogen) atoms. The molecule has 3 rings (SSSR count). The summed E-state index contributed by atoms with van der Waals surface area (Å²) in [7, 11) is 1.98. The van der Waals surface area contributed by atoms with Gasteiger partial charge < -0.3 is 10.2 Å². The zero-order chi connectivity index (χ0) is 15.4. The van der Waals surface area contributed by atoms with Crippen LogP contribution < -0.4 is 5.32 Å². The van der Waals surface area contributed by atoms with Gasteiger partial charge in [0.05, 0.1) is 0 Å². The molecule has 1 atom stereocenters. The van der Waals surface area contributed by atoms with Crippen molar-refractivity contribution in [2.75, 3.05) is 33.2 Å². The molecule has 0 unspecified atom stereocenters. The lowest BCUT2D eigenvalue weighted by atomic mass is 10.0. The van der Waals surface area contributed by atoms with Crippen LogP contribution in [0.3, 0.4) is 0 Å². The highest BCUT2D eigenvalue weighted by Gasteiger charge is 2.23. The zero-order valence-corrected chi connectivity index (χ0v) is 13.6. The van der Waals surface area contributed by atoms with Crippen molar-refractivity contribution in [2.24, 2.45) is 0 Å². The lowest BCUT2D eigenvalue weighted by Crippen LogP contribution is -2.46. The molecule has 0 saturated carbocycles. The molecule has 2 heterocycles. The Bertz CT molecular complexity index is 511. The van der Waals surface area contributed by atoms with E-state index in [-0.39, 0.29) is 5.91 Å². The Labute approximate surface area is 133 Å². The molecule has 2 saturated heterocycles. The molecular formula is C18H27N3O. The van der Waals surface area contributed by atoms with E-state index < -0.39 is 0 Å². The van der Waals surface area contributed by atoms with Crippen LogP contribution in [0.25, 0.3) is 0 Å². The lowest BCUT2D eigenvalue weighted by molar-refractivity contribution is 0.0698. The average molecular weight is 301 g/mol. The molecule has 1 aromatic rings. The average Bonchev–Trinajstić information content (AvgIpc) is 3.07. The van der Waals surface area contributed by atoms with E-state index in [1.54, 1.807) is 0 Å². The van der Waals surface area contributed by atoms with Crippen LogP contribution >= 0.6 is 0 Å². The maximum atomic E-state index is 12.7. The van der Waals surface area contributed by atoms with Gasteiger partial charge in [0.1, 0.15) is 0 Å². The molecule has 0 radical (unpaired) electrons. The zero-order valence-electron chi connectivity index (χ0n) is 13.6. The first-order valence-electron chi connectivity index (χ1n) is 8.54. The fourth-order valence-electron chi connectivity index (χ4n) is 3.58. The number of hydrogen-bond donors (Lipinski definition) is 1. The predicted molar refractivity (Wildman–Crippen MR) is 88.9 cm³/mol. The number of likely N-dealkylation sites (N-methyl/N-ethyl adjacent to an activating group) is 1. The third kappa shape index (κ3) is 3.68. The van der Waals surface area contributed by atoms with E-state index in [9.17, 15) is 4.79 Å². The molecule has 2 aliphatic heterocycles. The fourth-order valence-corrected chi connectivity index (χ4v) is 3.58. The summed E-state index contributed by atoms with van der Waals surface area (Å²) in [5.74, 6) is 0.184. The van der Waals surface area contributed by atoms with Gasteiger partial charge in [0, 0.05) is 31.2 Å². The van der Waals surface area contributed by atoms with E-state index in [1.165, 1.54) is 31.5 Å². The summed E-state index contributed by atoms with van der Waals surface area (Å²) >= 11 is 0. The topological polar surface area (TPSA) is 35.6 Å². The number of piperidine rings is 1. The highest BCUT2D eigenvalue weighted by molar-refractivity contribution is 5.94. The second-order valence-electron chi connectivity index (χ2n) is 6.56. The number of hydrogen-bond acceptors (Lipinski definition) is 3. The van der Waals surface area contributed by atoms with Crippen molar-refractivity contribution >= 4 is 5.91 Å². The van der Waals surface area contributed by atoms with Gasteiger partial charge in [0.2, 0.25) is 0 Å². The molecule has 0 aromatic heterocycles. The van der Waals surface area contributed by atoms with Crippen molar-refractivity contribution in [1.82, 2.24) is 15.1 Å². The number of carbonyl (C=O) groups excluding carboxylic acids is 1. The number of likely N-dealkylation sites (tertiary alicyclic amines) is 2. The molecule has 120 valence electrons. The maximum absolute atomic E-state index is 12.7. The van der Waals surface area contributed by atoms with Crippen molar-refractivity contribution in [2.45, 2.75) is 38.3 Å². The lowest BCUT2D eigenvalue weighted by Gasteiger charge is -2.32. The van der Waals surface area contributed by atoms with Gasteiger partial charge >= 0.3 is 0 Å². The Hall–Kier alpha value is -1.39. The van der Waals surface area contributed by atoms with Gasteiger partial charge in [-0.1, -0.05) is 12.1 Å². The van der Waals surface area contributed by atoms with Gasteiger partial charge in [-0.05, 0) is 63.5 Å². The molecule has 0 spiro atoms. The van der Waals surface area contributed by atoms with Crippen LogP contribution in [0.1, 0.15) is 41.6 Å². The van der Waals surface area contributed by atoms with Gasteiger partial charge in [-0.2, -0.15) is 0 Å². The van der Waals surface area contributed by atoms with Crippen LogP contribution in [0.5, 0.6) is 0 Å². The van der Waals surface area contributed by atoms with Gasteiger partial charge in [0.15, 0.2) is 0 Å². The largest absolute Gasteiger partial charge is 0.337 e. The number of amides is 1. The second kappa shape index (κ2) is 7.25. The van der Waals surface area contributed by atoms with Crippen molar-refractivity contribution in [3.63, 3.8) is 0 Å². The summed E-state index contributed by atoms with van der Waals surface area (Å²) in [6, 6.07) is 8.65. The van der Waals surface area contributed by atoms with Crippen LogP contribution in [-0.2, 0) is 6.54 Å². The van der Waals surface area contributed by atoms with E-state index in [0.717, 1.165) is 38.0 Å². The Morgan fingerprint density at radius 3 is 2.82 bits per heavy atom. The van der Waals surface area contributed by atoms with Gasteiger partial charge in [-0.15, -0.1) is 0 Å². The Balaban J connectivity index is 1.66. The number of nitrogens with one attached hydrogen (secondary N) is 1. The number of benzene rings is 1. The molecule has 1 N–H and O–H groups in total. The summed E-state index contributed by atoms with van der Waals surface area (Å²) in [6.45, 7) is 5.06. The van der Waals surface area contributed by atoms with Crippen LogP contribution in [0.4, 0.5) is 0 Å². The van der Waals surface area contributed by atoms with E-state index in [1.807, 2.05) is 24.1 Å². The molecule has 4 nitrogen and oxygen atoms in total. The monoisotopic (exact) mass is 301 g/mol. The molecule has 1 amide bonds. The quantitative estimate of drug-likeness (QED) is 0.925. The smallest absolute Gasteiger partial charge is 0.253 e. The molecule has 0 aliphatic carbocycles. The normalized spacial score (nSPS) is 23.0. The van der Waals surface area contributed by atoms with Gasteiger partial charge in [0.25, 0.3) is 5.91 Å². The van der Waals surface area contributed by atoms with Crippen molar-refractivity contribution in [1.29, 1.82) is 0 Å². The summed E-state index contributed by atoms with van der Waals surface area (Å²) in [5, 5.41) is 3.30. The molecular weight excluding hydrogens is 274 g/mol. The summed E-state index contributed by atoms with van der Waals surface area (Å²) < 4.78 is 0. The standard InChI is InChI=1S/C18H27N3O/c1-19-17-8-5-11-21(14-17)18(22)16-7-4-6-15(12-16)13-20-9-2-3-10-20/h4,6-7,12,17,19H,2-3,5,8-11,13-14H2,1H3/t17-/m1/s1. The van der Waals surface area contributed by atoms with Crippen LogP contribution in [0, 0.1) is 0 Å². The van der Waals surface area contributed by atoms with E-state index in [4.69, 9.17) is 0 Å². The van der Waals surface area contributed by atoms with E-state index in [2.05, 4.69) is 22.3 Å². The van der Waals surface area contributed by atoms with Crippen LogP contribution in [0.15, 0.2) is 24.3 Å². The molecule has 2 aliphatic rings. The predicted octanol–water partition coefficient (Wildman–Crippen LogP) is 2.11. The number of nitrogens with zero attached hydrogens (tertiary/aromatic N) is 2. The minimum Gasteiger partial charge on any atom is -0.337 e. The number of carbonyl (C=O) groups is 1. The minimum atomic E-state index is 0.184.